The predicted molar refractivity (Wildman–Crippen MR) is 73.0 cm³/mol. The van der Waals surface area contributed by atoms with Crippen molar-refractivity contribution in [3.8, 4) is 0 Å². The minimum atomic E-state index is -1.07. The first-order chi connectivity index (χ1) is 9.32. The summed E-state index contributed by atoms with van der Waals surface area (Å²) in [5, 5.41) is 8.91. The highest BCUT2D eigenvalue weighted by Gasteiger charge is 2.32. The molecule has 0 aromatic carbocycles. The maximum Gasteiger partial charge on any atom is 0.323 e. The van der Waals surface area contributed by atoms with E-state index < -0.39 is 17.9 Å². The normalized spacial score (nSPS) is 15.3. The van der Waals surface area contributed by atoms with E-state index in [2.05, 4.69) is 0 Å². The molecule has 1 aliphatic rings. The fourth-order valence-corrected chi connectivity index (χ4v) is 2.52. The molecule has 3 amide bonds. The highest BCUT2D eigenvalue weighted by atomic mass is 16.4. The van der Waals surface area contributed by atoms with Crippen molar-refractivity contribution in [3.63, 3.8) is 0 Å². The van der Waals surface area contributed by atoms with Gasteiger partial charge in [0.25, 0.3) is 0 Å². The average Bonchev–Trinajstić information content (AvgIpc) is 2.85. The molecule has 0 aromatic rings. The van der Waals surface area contributed by atoms with E-state index in [-0.39, 0.29) is 25.2 Å². The number of amides is 3. The maximum absolute atomic E-state index is 12.5. The largest absolute Gasteiger partial charge is 0.480 e. The molecular formula is C13H23N3O4. The number of nitrogens with zero attached hydrogens (tertiary/aromatic N) is 2. The third-order valence-electron chi connectivity index (χ3n) is 3.51. The number of primary amides is 1. The van der Waals surface area contributed by atoms with Gasteiger partial charge < -0.3 is 20.6 Å². The van der Waals surface area contributed by atoms with Gasteiger partial charge in [-0.1, -0.05) is 12.8 Å². The zero-order chi connectivity index (χ0) is 15.3. The fraction of sp³-hybridized carbons (Fsp3) is 0.769. The molecule has 0 heterocycles. The topological polar surface area (TPSA) is 104 Å². The Kier molecular flexibility index (Phi) is 5.79. The van der Waals surface area contributed by atoms with Gasteiger partial charge in [0.2, 0.25) is 5.91 Å². The van der Waals surface area contributed by atoms with Crippen LogP contribution >= 0.6 is 0 Å². The molecule has 114 valence electrons. The van der Waals surface area contributed by atoms with Gasteiger partial charge in [0.05, 0.1) is 0 Å². The molecule has 1 fully saturated rings. The third kappa shape index (κ3) is 4.40. The van der Waals surface area contributed by atoms with Gasteiger partial charge in [0.15, 0.2) is 0 Å². The highest BCUT2D eigenvalue weighted by molar-refractivity contribution is 5.85. The van der Waals surface area contributed by atoms with E-state index in [1.54, 1.807) is 13.8 Å². The number of aliphatic carboxylic acids is 1. The van der Waals surface area contributed by atoms with Crippen LogP contribution < -0.4 is 5.73 Å². The zero-order valence-corrected chi connectivity index (χ0v) is 12.0. The van der Waals surface area contributed by atoms with E-state index in [0.29, 0.717) is 0 Å². The van der Waals surface area contributed by atoms with Gasteiger partial charge in [-0.25, -0.2) is 4.79 Å². The van der Waals surface area contributed by atoms with Crippen LogP contribution in [0.3, 0.4) is 0 Å². The van der Waals surface area contributed by atoms with Crippen molar-refractivity contribution >= 4 is 17.9 Å². The van der Waals surface area contributed by atoms with E-state index in [9.17, 15) is 14.4 Å². The Morgan fingerprint density at radius 3 is 2.15 bits per heavy atom. The van der Waals surface area contributed by atoms with Crippen LogP contribution in [0.15, 0.2) is 0 Å². The van der Waals surface area contributed by atoms with E-state index in [1.807, 2.05) is 0 Å². The summed E-state index contributed by atoms with van der Waals surface area (Å²) in [4.78, 5) is 37.3. The molecule has 0 unspecified atom stereocenters. The second kappa shape index (κ2) is 7.12. The Labute approximate surface area is 118 Å². The number of urea groups is 1. The second-order valence-electron chi connectivity index (χ2n) is 5.43. The number of carbonyl (C=O) groups excluding carboxylic acids is 2. The molecule has 0 aliphatic heterocycles. The summed E-state index contributed by atoms with van der Waals surface area (Å²) in [5.74, 6) is -1.65. The average molecular weight is 285 g/mol. The van der Waals surface area contributed by atoms with Crippen molar-refractivity contribution in [1.82, 2.24) is 9.80 Å². The summed E-state index contributed by atoms with van der Waals surface area (Å²) in [7, 11) is 0. The molecule has 0 aromatic heterocycles. The van der Waals surface area contributed by atoms with Crippen molar-refractivity contribution in [2.75, 3.05) is 13.1 Å². The lowest BCUT2D eigenvalue weighted by molar-refractivity contribution is -0.138. The predicted octanol–water partition coefficient (Wildman–Crippen LogP) is 0.631. The number of hydrogen-bond donors (Lipinski definition) is 2. The molecule has 0 radical (unpaired) electrons. The van der Waals surface area contributed by atoms with Gasteiger partial charge in [0, 0.05) is 12.1 Å². The first-order valence-electron chi connectivity index (χ1n) is 6.90. The molecule has 0 bridgehead atoms. The van der Waals surface area contributed by atoms with Gasteiger partial charge in [-0.05, 0) is 26.7 Å². The van der Waals surface area contributed by atoms with Gasteiger partial charge in [-0.2, -0.15) is 0 Å². The van der Waals surface area contributed by atoms with Crippen LogP contribution in [0.2, 0.25) is 0 Å². The van der Waals surface area contributed by atoms with Crippen LogP contribution in [0.4, 0.5) is 4.79 Å². The van der Waals surface area contributed by atoms with Gasteiger partial charge >= 0.3 is 12.0 Å². The van der Waals surface area contributed by atoms with E-state index >= 15 is 0 Å². The van der Waals surface area contributed by atoms with Crippen molar-refractivity contribution in [2.24, 2.45) is 5.73 Å². The summed E-state index contributed by atoms with van der Waals surface area (Å²) in [6.45, 7) is 2.96. The summed E-state index contributed by atoms with van der Waals surface area (Å²) >= 11 is 0. The first-order valence-corrected chi connectivity index (χ1v) is 6.90. The molecule has 20 heavy (non-hydrogen) atoms. The van der Waals surface area contributed by atoms with E-state index in [0.717, 1.165) is 25.7 Å². The molecule has 0 saturated heterocycles. The van der Waals surface area contributed by atoms with Gasteiger partial charge in [0.1, 0.15) is 13.1 Å². The minimum absolute atomic E-state index is 0.0231. The van der Waals surface area contributed by atoms with Gasteiger partial charge in [-0.3, -0.25) is 9.59 Å². The molecule has 7 nitrogen and oxygen atoms in total. The molecule has 7 heteroatoms. The lowest BCUT2D eigenvalue weighted by Gasteiger charge is -2.35. The number of carboxylic acids is 1. The molecular weight excluding hydrogens is 262 g/mol. The van der Waals surface area contributed by atoms with Crippen LogP contribution in [0.25, 0.3) is 0 Å². The van der Waals surface area contributed by atoms with Crippen LogP contribution in [0.5, 0.6) is 0 Å². The summed E-state index contributed by atoms with van der Waals surface area (Å²) < 4.78 is 0. The fourth-order valence-electron chi connectivity index (χ4n) is 2.52. The number of nitrogens with two attached hydrogens (primary N) is 1. The molecule has 1 aliphatic carbocycles. The number of rotatable bonds is 6. The second-order valence-corrected chi connectivity index (χ2v) is 5.43. The quantitative estimate of drug-likeness (QED) is 0.747. The highest BCUT2D eigenvalue weighted by Crippen LogP contribution is 2.24. The number of carboxylic acid groups (broad SMARTS) is 1. The zero-order valence-electron chi connectivity index (χ0n) is 12.0. The lowest BCUT2D eigenvalue weighted by atomic mass is 10.2. The Morgan fingerprint density at radius 2 is 1.75 bits per heavy atom. The van der Waals surface area contributed by atoms with Crippen molar-refractivity contribution in [1.29, 1.82) is 0 Å². The molecule has 1 saturated carbocycles. The smallest absolute Gasteiger partial charge is 0.323 e. The number of hydrogen-bond acceptors (Lipinski definition) is 3. The summed E-state index contributed by atoms with van der Waals surface area (Å²) in [5.41, 5.74) is 5.21. The summed E-state index contributed by atoms with van der Waals surface area (Å²) in [6.07, 6.45) is 3.68. The molecule has 1 rings (SSSR count). The van der Waals surface area contributed by atoms with Crippen LogP contribution in [-0.2, 0) is 9.59 Å². The van der Waals surface area contributed by atoms with E-state index in [4.69, 9.17) is 10.8 Å². The summed E-state index contributed by atoms with van der Waals surface area (Å²) in [6, 6.07) is -0.700. The minimum Gasteiger partial charge on any atom is -0.480 e. The van der Waals surface area contributed by atoms with Crippen LogP contribution in [0.1, 0.15) is 39.5 Å². The standard InChI is InChI=1S/C13H23N3O4/c1-9(2)15(8-12(18)19)13(20)16(7-11(14)17)10-5-3-4-6-10/h9-10H,3-8H2,1-2H3,(H2,14,17)(H,18,19). The van der Waals surface area contributed by atoms with Crippen molar-refractivity contribution in [3.05, 3.63) is 0 Å². The maximum atomic E-state index is 12.5. The molecule has 0 spiro atoms. The SMILES string of the molecule is CC(C)N(CC(=O)O)C(=O)N(CC(N)=O)C1CCCC1. The molecule has 0 atom stereocenters. The third-order valence-corrected chi connectivity index (χ3v) is 3.51. The van der Waals surface area contributed by atoms with Crippen LogP contribution in [-0.4, -0.2) is 58.0 Å². The van der Waals surface area contributed by atoms with Crippen molar-refractivity contribution < 1.29 is 19.5 Å². The Hall–Kier alpha value is -1.79. The van der Waals surface area contributed by atoms with Gasteiger partial charge in [-0.15, -0.1) is 0 Å². The lowest BCUT2D eigenvalue weighted by Crippen LogP contribution is -2.53. The Balaban J connectivity index is 2.88. The first kappa shape index (κ1) is 16.3. The Bertz CT molecular complexity index is 378. The van der Waals surface area contributed by atoms with Crippen LogP contribution in [0, 0.1) is 0 Å². The number of carbonyl (C=O) groups is 3. The van der Waals surface area contributed by atoms with E-state index in [1.165, 1.54) is 9.80 Å². The Morgan fingerprint density at radius 1 is 1.20 bits per heavy atom. The monoisotopic (exact) mass is 285 g/mol. The van der Waals surface area contributed by atoms with Crippen molar-refractivity contribution in [2.45, 2.75) is 51.6 Å². The molecule has 3 N–H and O–H groups in total.